The van der Waals surface area contributed by atoms with Crippen LogP contribution in [0.4, 0.5) is 0 Å². The maximum Gasteiger partial charge on any atom is 0.305 e. The number of hydrogen-bond donors (Lipinski definition) is 0. The van der Waals surface area contributed by atoms with Gasteiger partial charge >= 0.3 is 5.97 Å². The van der Waals surface area contributed by atoms with E-state index in [-0.39, 0.29) is 29.0 Å². The molecule has 2 nitrogen and oxygen atoms in total. The first-order valence-corrected chi connectivity index (χ1v) is 15.0. The molecule has 0 heterocycles. The summed E-state index contributed by atoms with van der Waals surface area (Å²) in [5, 5.41) is 0. The van der Waals surface area contributed by atoms with Crippen LogP contribution < -0.4 is 0 Å². The Hall–Kier alpha value is 0.236. The predicted octanol–water partition coefficient (Wildman–Crippen LogP) is 10.3. The molecule has 0 aromatic rings. The third kappa shape index (κ3) is 32.2. The van der Waals surface area contributed by atoms with Crippen LogP contribution in [0.15, 0.2) is 0 Å². The lowest BCUT2D eigenvalue weighted by atomic mass is 10.0. The van der Waals surface area contributed by atoms with Gasteiger partial charge in [0.25, 0.3) is 0 Å². The van der Waals surface area contributed by atoms with E-state index in [0.29, 0.717) is 13.0 Å². The van der Waals surface area contributed by atoms with Gasteiger partial charge in [0.05, 0.1) is 6.61 Å². The Bertz CT molecular complexity index is 359. The first kappa shape index (κ1) is 35.4. The highest BCUT2D eigenvalue weighted by atomic mass is 24.3. The van der Waals surface area contributed by atoms with Gasteiger partial charge in [-0.15, -0.1) is 0 Å². The van der Waals surface area contributed by atoms with Crippen LogP contribution in [0.2, 0.25) is 0 Å². The summed E-state index contributed by atoms with van der Waals surface area (Å²) in [6.45, 7) is 5.19. The van der Waals surface area contributed by atoms with E-state index in [9.17, 15) is 4.79 Å². The van der Waals surface area contributed by atoms with E-state index >= 15 is 0 Å². The van der Waals surface area contributed by atoms with Crippen LogP contribution in [0, 0.1) is 0 Å². The molecule has 3 heteroatoms. The third-order valence-electron chi connectivity index (χ3n) is 6.75. The molecule has 0 aromatic carbocycles. The first-order chi connectivity index (χ1) is 15.8. The molecule has 0 aliphatic rings. The summed E-state index contributed by atoms with van der Waals surface area (Å²) in [4.78, 5) is 11.8. The van der Waals surface area contributed by atoms with Gasteiger partial charge in [-0.1, -0.05) is 162 Å². The van der Waals surface area contributed by atoms with E-state index < -0.39 is 0 Å². The molecule has 0 unspecified atom stereocenters. The second-order valence-electron chi connectivity index (χ2n) is 10.1. The average molecular weight is 477 g/mol. The van der Waals surface area contributed by atoms with Gasteiger partial charge < -0.3 is 4.74 Å². The molecule has 2 radical (unpaired) electrons. The minimum Gasteiger partial charge on any atom is -0.466 e. The van der Waals surface area contributed by atoms with E-state index in [1.807, 2.05) is 0 Å². The molecule has 0 N–H and O–H groups in total. The van der Waals surface area contributed by atoms with Crippen LogP contribution in [-0.4, -0.2) is 35.6 Å². The largest absolute Gasteiger partial charge is 0.466 e. The van der Waals surface area contributed by atoms with Crippen molar-refractivity contribution in [3.63, 3.8) is 0 Å². The second-order valence-corrected chi connectivity index (χ2v) is 10.1. The van der Waals surface area contributed by atoms with Gasteiger partial charge in [-0.05, 0) is 12.8 Å². The topological polar surface area (TPSA) is 26.3 Å². The molecule has 194 valence electrons. The van der Waals surface area contributed by atoms with Crippen molar-refractivity contribution in [3.8, 4) is 0 Å². The summed E-state index contributed by atoms with van der Waals surface area (Å²) >= 11 is 0. The Morgan fingerprint density at radius 2 is 0.697 bits per heavy atom. The van der Waals surface area contributed by atoms with Crippen LogP contribution >= 0.6 is 0 Å². The van der Waals surface area contributed by atoms with Gasteiger partial charge in [0.1, 0.15) is 0 Å². The van der Waals surface area contributed by atoms with Crippen molar-refractivity contribution < 1.29 is 9.53 Å². The normalized spacial score (nSPS) is 10.8. The monoisotopic (exact) mass is 476 g/mol. The Morgan fingerprint density at radius 1 is 0.424 bits per heavy atom. The molecule has 0 saturated heterocycles. The molecular formula is C30H60MgO2. The molecule has 33 heavy (non-hydrogen) atoms. The molecule has 0 atom stereocenters. The molecule has 0 aliphatic heterocycles. The average Bonchev–Trinajstić information content (AvgIpc) is 2.80. The Balaban J connectivity index is 0. The van der Waals surface area contributed by atoms with Crippen LogP contribution in [0.1, 0.15) is 181 Å². The fourth-order valence-corrected chi connectivity index (χ4v) is 4.49. The maximum absolute atomic E-state index is 11.8. The van der Waals surface area contributed by atoms with Gasteiger partial charge in [0.2, 0.25) is 0 Å². The van der Waals surface area contributed by atoms with Crippen molar-refractivity contribution in [2.45, 2.75) is 181 Å². The molecular weight excluding hydrogens is 417 g/mol. The fourth-order valence-electron chi connectivity index (χ4n) is 4.49. The molecule has 0 aliphatic carbocycles. The zero-order valence-corrected chi connectivity index (χ0v) is 24.5. The SMILES string of the molecule is CCCCCCCCCCCCCCCCCC(=O)OCCCCCCCCCCCC.[Mg]. The Labute approximate surface area is 225 Å². The summed E-state index contributed by atoms with van der Waals surface area (Å²) in [6, 6.07) is 0. The molecule has 0 saturated carbocycles. The minimum atomic E-state index is 0. The number of rotatable bonds is 27. The van der Waals surface area contributed by atoms with Crippen molar-refractivity contribution >= 4 is 29.0 Å². The van der Waals surface area contributed by atoms with Gasteiger partial charge in [-0.3, -0.25) is 4.79 Å². The van der Waals surface area contributed by atoms with Gasteiger partial charge in [-0.2, -0.15) is 0 Å². The van der Waals surface area contributed by atoms with Gasteiger partial charge in [0, 0.05) is 29.5 Å². The molecule has 0 bridgehead atoms. The smallest absolute Gasteiger partial charge is 0.305 e. The van der Waals surface area contributed by atoms with E-state index in [1.54, 1.807) is 0 Å². The van der Waals surface area contributed by atoms with Crippen LogP contribution in [0.3, 0.4) is 0 Å². The van der Waals surface area contributed by atoms with Crippen LogP contribution in [0.25, 0.3) is 0 Å². The lowest BCUT2D eigenvalue weighted by Crippen LogP contribution is -2.05. The van der Waals surface area contributed by atoms with Crippen molar-refractivity contribution in [3.05, 3.63) is 0 Å². The maximum atomic E-state index is 11.8. The van der Waals surface area contributed by atoms with Crippen molar-refractivity contribution in [2.75, 3.05) is 6.61 Å². The van der Waals surface area contributed by atoms with Crippen LogP contribution in [-0.2, 0) is 9.53 Å². The summed E-state index contributed by atoms with van der Waals surface area (Å²) in [7, 11) is 0. The summed E-state index contributed by atoms with van der Waals surface area (Å²) in [5.74, 6) is 0.0237. The molecule has 0 rings (SSSR count). The minimum absolute atomic E-state index is 0. The van der Waals surface area contributed by atoms with Crippen molar-refractivity contribution in [1.82, 2.24) is 0 Å². The molecule has 0 aromatic heterocycles. The van der Waals surface area contributed by atoms with Crippen molar-refractivity contribution in [1.29, 1.82) is 0 Å². The summed E-state index contributed by atoms with van der Waals surface area (Å²) < 4.78 is 5.39. The highest BCUT2D eigenvalue weighted by Crippen LogP contribution is 2.14. The number of ether oxygens (including phenoxy) is 1. The highest BCUT2D eigenvalue weighted by Gasteiger charge is 2.02. The zero-order chi connectivity index (χ0) is 23.4. The summed E-state index contributed by atoms with van der Waals surface area (Å²) in [6.07, 6.45) is 34.2. The number of hydrogen-bond acceptors (Lipinski definition) is 2. The number of unbranched alkanes of at least 4 members (excludes halogenated alkanes) is 23. The second kappa shape index (κ2) is 32.2. The van der Waals surface area contributed by atoms with Gasteiger partial charge in [-0.25, -0.2) is 0 Å². The molecule has 0 amide bonds. The lowest BCUT2D eigenvalue weighted by Gasteiger charge is -2.06. The number of esters is 1. The number of carbonyl (C=O) groups is 1. The van der Waals surface area contributed by atoms with Crippen LogP contribution in [0.5, 0.6) is 0 Å². The Kier molecular flexibility index (Phi) is 34.6. The number of carbonyl (C=O) groups excluding carboxylic acids is 1. The van der Waals surface area contributed by atoms with E-state index in [2.05, 4.69) is 13.8 Å². The van der Waals surface area contributed by atoms with E-state index in [0.717, 1.165) is 12.8 Å². The van der Waals surface area contributed by atoms with Gasteiger partial charge in [0.15, 0.2) is 0 Å². The van der Waals surface area contributed by atoms with E-state index in [1.165, 1.54) is 148 Å². The zero-order valence-electron chi connectivity index (χ0n) is 23.1. The fraction of sp³-hybridized carbons (Fsp3) is 0.967. The third-order valence-corrected chi connectivity index (χ3v) is 6.75. The predicted molar refractivity (Wildman–Crippen MR) is 148 cm³/mol. The highest BCUT2D eigenvalue weighted by molar-refractivity contribution is 5.75. The lowest BCUT2D eigenvalue weighted by molar-refractivity contribution is -0.143. The standard InChI is InChI=1S/C30H60O2.Mg/c1-3-5-7-9-11-13-15-16-17-18-19-20-22-24-26-28-30(31)32-29-27-25-23-21-14-12-10-8-6-4-2;/h3-29H2,1-2H3;. The first-order valence-electron chi connectivity index (χ1n) is 15.0. The Morgan fingerprint density at radius 3 is 1.03 bits per heavy atom. The quantitative estimate of drug-likeness (QED) is 0.0669. The molecule has 0 fully saturated rings. The van der Waals surface area contributed by atoms with Crippen molar-refractivity contribution in [2.24, 2.45) is 0 Å². The summed E-state index contributed by atoms with van der Waals surface area (Å²) in [5.41, 5.74) is 0. The molecule has 0 spiro atoms. The van der Waals surface area contributed by atoms with E-state index in [4.69, 9.17) is 4.74 Å².